The van der Waals surface area contributed by atoms with Gasteiger partial charge >= 0.3 is 0 Å². The van der Waals surface area contributed by atoms with Crippen molar-refractivity contribution in [3.05, 3.63) is 35.4 Å². The van der Waals surface area contributed by atoms with Crippen LogP contribution in [0.4, 0.5) is 0 Å². The first kappa shape index (κ1) is 17.0. The monoisotopic (exact) mass is 328 g/mol. The van der Waals surface area contributed by atoms with Gasteiger partial charge < -0.3 is 10.2 Å². The summed E-state index contributed by atoms with van der Waals surface area (Å²) in [6, 6.07) is 8.37. The van der Waals surface area contributed by atoms with Crippen molar-refractivity contribution >= 4 is 11.8 Å². The van der Waals surface area contributed by atoms with Gasteiger partial charge in [0.25, 0.3) is 0 Å². The number of nitrogens with zero attached hydrogens (tertiary/aromatic N) is 1. The number of likely N-dealkylation sites (tertiary alicyclic amines) is 1. The molecular formula is C20H28N2O2. The normalized spacial score (nSPS) is 23.7. The third kappa shape index (κ3) is 3.63. The first-order valence-corrected chi connectivity index (χ1v) is 9.24. The van der Waals surface area contributed by atoms with Crippen LogP contribution >= 0.6 is 0 Å². The molecule has 1 aliphatic carbocycles. The molecule has 1 fully saturated rings. The molecule has 4 nitrogen and oxygen atoms in total. The van der Waals surface area contributed by atoms with Crippen LogP contribution in [0.15, 0.2) is 24.3 Å². The van der Waals surface area contributed by atoms with Crippen LogP contribution in [0.2, 0.25) is 0 Å². The zero-order valence-corrected chi connectivity index (χ0v) is 14.8. The smallest absolute Gasteiger partial charge is 0.243 e. The highest BCUT2D eigenvalue weighted by molar-refractivity contribution is 5.88. The van der Waals surface area contributed by atoms with Gasteiger partial charge in [-0.25, -0.2) is 0 Å². The second-order valence-corrected chi connectivity index (χ2v) is 7.41. The summed E-state index contributed by atoms with van der Waals surface area (Å²) in [7, 11) is 0. The maximum Gasteiger partial charge on any atom is 0.243 e. The first-order valence-electron chi connectivity index (χ1n) is 9.24. The van der Waals surface area contributed by atoms with Crippen LogP contribution in [0, 0.1) is 5.92 Å². The maximum absolute atomic E-state index is 12.8. The summed E-state index contributed by atoms with van der Waals surface area (Å²) in [4.78, 5) is 27.0. The second-order valence-electron chi connectivity index (χ2n) is 7.41. The average molecular weight is 328 g/mol. The molecule has 1 saturated heterocycles. The Morgan fingerprint density at radius 3 is 2.62 bits per heavy atom. The number of benzene rings is 1. The summed E-state index contributed by atoms with van der Waals surface area (Å²) in [6.07, 6.45) is 5.70. The zero-order valence-electron chi connectivity index (χ0n) is 14.8. The molecule has 0 bridgehead atoms. The molecule has 3 rings (SSSR count). The number of hydrogen-bond donors (Lipinski definition) is 1. The number of aryl methyl sites for hydroxylation is 1. The minimum Gasteiger partial charge on any atom is -0.351 e. The van der Waals surface area contributed by atoms with Crippen molar-refractivity contribution in [2.45, 2.75) is 64.5 Å². The highest BCUT2D eigenvalue weighted by atomic mass is 16.2. The van der Waals surface area contributed by atoms with E-state index in [9.17, 15) is 9.59 Å². The molecule has 2 aliphatic rings. The van der Waals surface area contributed by atoms with Gasteiger partial charge in [0.2, 0.25) is 11.8 Å². The minimum absolute atomic E-state index is 0.0353. The number of carbonyl (C=O) groups is 2. The van der Waals surface area contributed by atoms with E-state index in [2.05, 4.69) is 29.6 Å². The molecule has 0 spiro atoms. The third-order valence-corrected chi connectivity index (χ3v) is 5.28. The quantitative estimate of drug-likeness (QED) is 0.927. The van der Waals surface area contributed by atoms with E-state index >= 15 is 0 Å². The molecule has 1 heterocycles. The lowest BCUT2D eigenvalue weighted by atomic mass is 9.88. The van der Waals surface area contributed by atoms with E-state index < -0.39 is 0 Å². The Bertz CT molecular complexity index is 611. The van der Waals surface area contributed by atoms with Crippen LogP contribution in [0.3, 0.4) is 0 Å². The molecule has 130 valence electrons. The molecular weight excluding hydrogens is 300 g/mol. The van der Waals surface area contributed by atoms with Crippen LogP contribution in [-0.2, 0) is 22.4 Å². The van der Waals surface area contributed by atoms with Crippen LogP contribution < -0.4 is 5.32 Å². The van der Waals surface area contributed by atoms with Gasteiger partial charge in [0, 0.05) is 18.5 Å². The topological polar surface area (TPSA) is 49.4 Å². The number of nitrogens with one attached hydrogen (secondary N) is 1. The van der Waals surface area contributed by atoms with Crippen molar-refractivity contribution in [3.63, 3.8) is 0 Å². The Balaban J connectivity index is 1.64. The van der Waals surface area contributed by atoms with Crippen molar-refractivity contribution in [2.75, 3.05) is 6.54 Å². The van der Waals surface area contributed by atoms with Gasteiger partial charge in [0.15, 0.2) is 0 Å². The fourth-order valence-electron chi connectivity index (χ4n) is 3.92. The van der Waals surface area contributed by atoms with Gasteiger partial charge in [-0.3, -0.25) is 9.59 Å². The van der Waals surface area contributed by atoms with Gasteiger partial charge in [-0.05, 0) is 49.7 Å². The summed E-state index contributed by atoms with van der Waals surface area (Å²) < 4.78 is 0. The van der Waals surface area contributed by atoms with Crippen LogP contribution in [-0.4, -0.2) is 35.3 Å². The van der Waals surface area contributed by atoms with Crippen molar-refractivity contribution in [1.82, 2.24) is 10.2 Å². The van der Waals surface area contributed by atoms with Crippen molar-refractivity contribution in [2.24, 2.45) is 5.92 Å². The largest absolute Gasteiger partial charge is 0.351 e. The van der Waals surface area contributed by atoms with Gasteiger partial charge in [-0.15, -0.1) is 0 Å². The average Bonchev–Trinajstić information content (AvgIpc) is 2.60. The molecule has 1 aliphatic heterocycles. The number of piperidine rings is 1. The molecule has 0 radical (unpaired) electrons. The molecule has 4 heteroatoms. The molecule has 1 N–H and O–H groups in total. The van der Waals surface area contributed by atoms with Crippen LogP contribution in [0.1, 0.15) is 50.7 Å². The summed E-state index contributed by atoms with van der Waals surface area (Å²) >= 11 is 0. The maximum atomic E-state index is 12.8. The summed E-state index contributed by atoms with van der Waals surface area (Å²) in [6.45, 7) is 4.52. The lowest BCUT2D eigenvalue weighted by Gasteiger charge is -2.37. The Morgan fingerprint density at radius 1 is 1.12 bits per heavy atom. The molecule has 2 atom stereocenters. The second kappa shape index (κ2) is 7.37. The molecule has 24 heavy (non-hydrogen) atoms. The van der Waals surface area contributed by atoms with E-state index in [1.165, 1.54) is 11.1 Å². The van der Waals surface area contributed by atoms with Crippen molar-refractivity contribution < 1.29 is 9.59 Å². The predicted molar refractivity (Wildman–Crippen MR) is 94.6 cm³/mol. The Labute approximate surface area is 144 Å². The molecule has 2 amide bonds. The number of hydrogen-bond acceptors (Lipinski definition) is 2. The summed E-state index contributed by atoms with van der Waals surface area (Å²) in [5, 5.41) is 3.22. The summed E-state index contributed by atoms with van der Waals surface area (Å²) in [5.41, 5.74) is 2.74. The molecule has 0 saturated carbocycles. The lowest BCUT2D eigenvalue weighted by molar-refractivity contribution is -0.145. The summed E-state index contributed by atoms with van der Waals surface area (Å²) in [5.74, 6) is 0.0804. The standard InChI is InChI=1S/C20H28N2O2/c1-14(2)20(24)22-12-6-5-9-18(22)19(23)21-17-11-10-15-7-3-4-8-16(15)13-17/h3-4,7-8,14,17-18H,5-6,9-13H2,1-2H3,(H,21,23). The number of amides is 2. The first-order chi connectivity index (χ1) is 11.6. The molecule has 2 unspecified atom stereocenters. The van der Waals surface area contributed by atoms with Gasteiger partial charge in [0.1, 0.15) is 6.04 Å². The number of fused-ring (bicyclic) bond motifs is 1. The van der Waals surface area contributed by atoms with Gasteiger partial charge in [-0.2, -0.15) is 0 Å². The van der Waals surface area contributed by atoms with E-state index in [-0.39, 0.29) is 29.8 Å². The Morgan fingerprint density at radius 2 is 1.88 bits per heavy atom. The number of carbonyl (C=O) groups excluding carboxylic acids is 2. The van der Waals surface area contributed by atoms with E-state index in [0.717, 1.165) is 38.5 Å². The molecule has 1 aromatic rings. The van der Waals surface area contributed by atoms with E-state index in [1.54, 1.807) is 4.90 Å². The molecule has 0 aromatic heterocycles. The van der Waals surface area contributed by atoms with E-state index in [4.69, 9.17) is 0 Å². The van der Waals surface area contributed by atoms with Crippen molar-refractivity contribution in [1.29, 1.82) is 0 Å². The highest BCUT2D eigenvalue weighted by Gasteiger charge is 2.34. The fraction of sp³-hybridized carbons (Fsp3) is 0.600. The predicted octanol–water partition coefficient (Wildman–Crippen LogP) is 2.70. The van der Waals surface area contributed by atoms with E-state index in [1.807, 2.05) is 13.8 Å². The van der Waals surface area contributed by atoms with E-state index in [0.29, 0.717) is 6.54 Å². The van der Waals surface area contributed by atoms with Gasteiger partial charge in [-0.1, -0.05) is 38.1 Å². The Kier molecular flexibility index (Phi) is 5.22. The zero-order chi connectivity index (χ0) is 17.1. The highest BCUT2D eigenvalue weighted by Crippen LogP contribution is 2.23. The van der Waals surface area contributed by atoms with Crippen molar-refractivity contribution in [3.8, 4) is 0 Å². The minimum atomic E-state index is -0.286. The fourth-order valence-corrected chi connectivity index (χ4v) is 3.92. The van der Waals surface area contributed by atoms with Crippen LogP contribution in [0.25, 0.3) is 0 Å². The van der Waals surface area contributed by atoms with Crippen LogP contribution in [0.5, 0.6) is 0 Å². The SMILES string of the molecule is CC(C)C(=O)N1CCCCC1C(=O)NC1CCc2ccccc2C1. The third-order valence-electron chi connectivity index (χ3n) is 5.28. The van der Waals surface area contributed by atoms with Gasteiger partial charge in [0.05, 0.1) is 0 Å². The lowest BCUT2D eigenvalue weighted by Crippen LogP contribution is -2.55. The number of rotatable bonds is 3. The molecule has 1 aromatic carbocycles. The Hall–Kier alpha value is -1.84.